The van der Waals surface area contributed by atoms with Crippen LogP contribution in [0.5, 0.6) is 5.75 Å². The number of likely N-dealkylation sites (N-methyl/N-ethyl adjacent to an activating group) is 1. The molecule has 2 aliphatic rings. The number of hydrogen-bond donors (Lipinski definition) is 1. The molecule has 1 aromatic heterocycles. The summed E-state index contributed by atoms with van der Waals surface area (Å²) in [6.07, 6.45) is 1.65. The fraction of sp³-hybridized carbons (Fsp3) is 0.333. The summed E-state index contributed by atoms with van der Waals surface area (Å²) in [7, 11) is -1.85. The van der Waals surface area contributed by atoms with Crippen LogP contribution in [0.15, 0.2) is 53.6 Å². The van der Waals surface area contributed by atoms with Crippen LogP contribution >= 0.6 is 0 Å². The second-order valence-corrected chi connectivity index (χ2v) is 9.22. The second-order valence-electron chi connectivity index (χ2n) is 7.44. The predicted molar refractivity (Wildman–Crippen MR) is 115 cm³/mol. The first-order valence-corrected chi connectivity index (χ1v) is 11.3. The lowest BCUT2D eigenvalue weighted by Crippen LogP contribution is -2.43. The molecule has 1 fully saturated rings. The SMILES string of the molecule is CN1CCOc2c1cccc2S(=O)(=O)n1ccc2c(N3CCNCC3)cccc21. The fourth-order valence-electron chi connectivity index (χ4n) is 4.18. The molecule has 8 heteroatoms. The van der Waals surface area contributed by atoms with Crippen molar-refractivity contribution in [1.29, 1.82) is 0 Å². The average Bonchev–Trinajstić information content (AvgIpc) is 3.19. The van der Waals surface area contributed by atoms with Gasteiger partial charge in [-0.1, -0.05) is 12.1 Å². The first kappa shape index (κ1) is 18.3. The van der Waals surface area contributed by atoms with Crippen LogP contribution in [0.4, 0.5) is 11.4 Å². The number of benzene rings is 2. The number of fused-ring (bicyclic) bond motifs is 2. The Morgan fingerprint density at radius 2 is 1.72 bits per heavy atom. The number of anilines is 2. The minimum absolute atomic E-state index is 0.201. The van der Waals surface area contributed by atoms with Crippen molar-refractivity contribution < 1.29 is 13.2 Å². The van der Waals surface area contributed by atoms with Crippen molar-refractivity contribution in [2.45, 2.75) is 4.90 Å². The van der Waals surface area contributed by atoms with Gasteiger partial charge in [0.2, 0.25) is 0 Å². The maximum Gasteiger partial charge on any atom is 0.271 e. The van der Waals surface area contributed by atoms with Crippen molar-refractivity contribution in [1.82, 2.24) is 9.29 Å². The zero-order valence-corrected chi connectivity index (χ0v) is 17.2. The molecule has 0 amide bonds. The highest BCUT2D eigenvalue weighted by Gasteiger charge is 2.28. The first-order valence-electron chi connectivity index (χ1n) is 9.85. The topological polar surface area (TPSA) is 66.8 Å². The van der Waals surface area contributed by atoms with Crippen molar-refractivity contribution in [2.75, 3.05) is 56.2 Å². The van der Waals surface area contributed by atoms with Crippen LogP contribution in [0.1, 0.15) is 0 Å². The van der Waals surface area contributed by atoms with Gasteiger partial charge in [0.05, 0.1) is 17.7 Å². The summed E-state index contributed by atoms with van der Waals surface area (Å²) in [4.78, 5) is 4.53. The number of piperazine rings is 1. The van der Waals surface area contributed by atoms with Crippen LogP contribution in [0.3, 0.4) is 0 Å². The molecule has 0 bridgehead atoms. The number of nitrogens with zero attached hydrogens (tertiary/aromatic N) is 3. The molecular formula is C21H24N4O3S. The van der Waals surface area contributed by atoms with Crippen LogP contribution in [-0.2, 0) is 10.0 Å². The monoisotopic (exact) mass is 412 g/mol. The van der Waals surface area contributed by atoms with E-state index in [1.165, 1.54) is 3.97 Å². The average molecular weight is 413 g/mol. The minimum Gasteiger partial charge on any atom is -0.488 e. The van der Waals surface area contributed by atoms with Crippen molar-refractivity contribution in [3.63, 3.8) is 0 Å². The number of hydrogen-bond acceptors (Lipinski definition) is 6. The van der Waals surface area contributed by atoms with E-state index in [0.29, 0.717) is 17.9 Å². The van der Waals surface area contributed by atoms with E-state index in [4.69, 9.17) is 4.74 Å². The zero-order chi connectivity index (χ0) is 20.0. The Balaban J connectivity index is 1.64. The van der Waals surface area contributed by atoms with E-state index in [9.17, 15) is 8.42 Å². The van der Waals surface area contributed by atoms with Crippen LogP contribution in [0.25, 0.3) is 10.9 Å². The molecule has 29 heavy (non-hydrogen) atoms. The highest BCUT2D eigenvalue weighted by molar-refractivity contribution is 7.90. The van der Waals surface area contributed by atoms with Gasteiger partial charge in [0, 0.05) is 50.5 Å². The van der Waals surface area contributed by atoms with Gasteiger partial charge in [-0.15, -0.1) is 0 Å². The third-order valence-electron chi connectivity index (χ3n) is 5.71. The quantitative estimate of drug-likeness (QED) is 0.711. The lowest BCUT2D eigenvalue weighted by Gasteiger charge is -2.30. The second kappa shape index (κ2) is 6.96. The number of ether oxygens (including phenoxy) is 1. The van der Waals surface area contributed by atoms with Gasteiger partial charge in [0.1, 0.15) is 11.5 Å². The number of nitrogens with one attached hydrogen (secondary N) is 1. The molecule has 7 nitrogen and oxygen atoms in total. The van der Waals surface area contributed by atoms with Gasteiger partial charge in [-0.25, -0.2) is 12.4 Å². The van der Waals surface area contributed by atoms with Gasteiger partial charge in [0.25, 0.3) is 10.0 Å². The van der Waals surface area contributed by atoms with E-state index in [2.05, 4.69) is 16.3 Å². The van der Waals surface area contributed by atoms with Gasteiger partial charge >= 0.3 is 0 Å². The molecule has 0 atom stereocenters. The minimum atomic E-state index is -3.80. The van der Waals surface area contributed by atoms with E-state index in [1.807, 2.05) is 36.2 Å². The Kier molecular flexibility index (Phi) is 4.40. The summed E-state index contributed by atoms with van der Waals surface area (Å²) in [5.41, 5.74) is 2.56. The lowest BCUT2D eigenvalue weighted by atomic mass is 10.2. The maximum atomic E-state index is 13.6. The van der Waals surface area contributed by atoms with E-state index in [1.54, 1.807) is 18.3 Å². The van der Waals surface area contributed by atoms with Crippen LogP contribution < -0.4 is 19.9 Å². The molecule has 1 saturated heterocycles. The van der Waals surface area contributed by atoms with Gasteiger partial charge in [0.15, 0.2) is 5.75 Å². The summed E-state index contributed by atoms with van der Waals surface area (Å²) < 4.78 is 34.4. The number of para-hydroxylation sites is 1. The van der Waals surface area contributed by atoms with Crippen LogP contribution in [0, 0.1) is 0 Å². The molecule has 152 valence electrons. The largest absolute Gasteiger partial charge is 0.488 e. The van der Waals surface area contributed by atoms with Gasteiger partial charge in [-0.2, -0.15) is 0 Å². The van der Waals surface area contributed by atoms with Crippen molar-refractivity contribution in [3.05, 3.63) is 48.7 Å². The summed E-state index contributed by atoms with van der Waals surface area (Å²) in [5, 5.41) is 4.30. The smallest absolute Gasteiger partial charge is 0.271 e. The third-order valence-corrected chi connectivity index (χ3v) is 7.42. The Morgan fingerprint density at radius 1 is 0.966 bits per heavy atom. The summed E-state index contributed by atoms with van der Waals surface area (Å²) in [5.74, 6) is 0.432. The Morgan fingerprint density at radius 3 is 2.55 bits per heavy atom. The Labute approximate surface area is 170 Å². The molecule has 0 radical (unpaired) electrons. The fourth-order valence-corrected chi connectivity index (χ4v) is 5.68. The molecule has 0 aliphatic carbocycles. The molecule has 2 aliphatic heterocycles. The van der Waals surface area contributed by atoms with E-state index >= 15 is 0 Å². The standard InChI is InChI=1S/C21H24N4O3S/c1-23-14-15-28-21-19(23)6-3-7-20(21)29(26,27)25-11-8-16-17(4-2-5-18(16)25)24-12-9-22-10-13-24/h2-8,11,22H,9-10,12-15H2,1H3. The van der Waals surface area contributed by atoms with E-state index < -0.39 is 10.0 Å². The summed E-state index contributed by atoms with van der Waals surface area (Å²) >= 11 is 0. The van der Waals surface area contributed by atoms with Gasteiger partial charge in [-0.3, -0.25) is 0 Å². The van der Waals surface area contributed by atoms with Crippen molar-refractivity contribution >= 4 is 32.3 Å². The molecule has 3 aromatic rings. The van der Waals surface area contributed by atoms with Gasteiger partial charge in [-0.05, 0) is 30.3 Å². The maximum absolute atomic E-state index is 13.6. The Hall–Kier alpha value is -2.71. The van der Waals surface area contributed by atoms with Crippen molar-refractivity contribution in [3.8, 4) is 5.75 Å². The van der Waals surface area contributed by atoms with Crippen LogP contribution in [-0.4, -0.2) is 58.8 Å². The predicted octanol–water partition coefficient (Wildman–Crippen LogP) is 2.12. The van der Waals surface area contributed by atoms with Crippen molar-refractivity contribution in [2.24, 2.45) is 0 Å². The number of rotatable bonds is 3. The highest BCUT2D eigenvalue weighted by Crippen LogP contribution is 2.39. The lowest BCUT2D eigenvalue weighted by molar-refractivity contribution is 0.303. The molecule has 3 heterocycles. The molecule has 0 saturated carbocycles. The molecular weight excluding hydrogens is 388 g/mol. The normalized spacial score (nSPS) is 17.3. The summed E-state index contributed by atoms with van der Waals surface area (Å²) in [6.45, 7) is 4.87. The van der Waals surface area contributed by atoms with Gasteiger partial charge < -0.3 is 19.9 Å². The van der Waals surface area contributed by atoms with Crippen LogP contribution in [0.2, 0.25) is 0 Å². The Bertz CT molecular complexity index is 1170. The molecule has 0 spiro atoms. The number of aromatic nitrogens is 1. The highest BCUT2D eigenvalue weighted by atomic mass is 32.2. The molecule has 1 N–H and O–H groups in total. The first-order chi connectivity index (χ1) is 14.1. The van der Waals surface area contributed by atoms with E-state index in [-0.39, 0.29) is 4.90 Å². The van der Waals surface area contributed by atoms with E-state index in [0.717, 1.165) is 49.5 Å². The summed E-state index contributed by atoms with van der Waals surface area (Å²) in [6, 6.07) is 13.0. The zero-order valence-electron chi connectivity index (χ0n) is 16.3. The molecule has 5 rings (SSSR count). The third kappa shape index (κ3) is 2.94. The molecule has 2 aromatic carbocycles. The molecule has 0 unspecified atom stereocenters.